The molecule has 1 saturated heterocycles. The molecule has 2 aromatic carbocycles. The second-order valence-electron chi connectivity index (χ2n) is 7.26. The predicted octanol–water partition coefficient (Wildman–Crippen LogP) is 2.60. The monoisotopic (exact) mass is 445 g/mol. The SMILES string of the molecule is COc1cccc2sc(N3CCN(C(=O)Cc4ccc(S(C)(=O)=O)cc4)CC3)nc12. The van der Waals surface area contributed by atoms with E-state index in [0.29, 0.717) is 13.1 Å². The number of hydrogen-bond acceptors (Lipinski definition) is 7. The summed E-state index contributed by atoms with van der Waals surface area (Å²) in [6.45, 7) is 2.71. The van der Waals surface area contributed by atoms with E-state index in [-0.39, 0.29) is 17.2 Å². The van der Waals surface area contributed by atoms with E-state index in [4.69, 9.17) is 9.72 Å². The maximum Gasteiger partial charge on any atom is 0.227 e. The van der Waals surface area contributed by atoms with Crippen molar-refractivity contribution in [2.75, 3.05) is 44.4 Å². The molecule has 1 aliphatic heterocycles. The van der Waals surface area contributed by atoms with E-state index < -0.39 is 9.84 Å². The van der Waals surface area contributed by atoms with E-state index in [1.165, 1.54) is 6.26 Å². The van der Waals surface area contributed by atoms with E-state index >= 15 is 0 Å². The fourth-order valence-electron chi connectivity index (χ4n) is 3.50. The van der Waals surface area contributed by atoms with Crippen LogP contribution in [0.2, 0.25) is 0 Å². The Bertz CT molecular complexity index is 1160. The predicted molar refractivity (Wildman–Crippen MR) is 118 cm³/mol. The lowest BCUT2D eigenvalue weighted by Gasteiger charge is -2.34. The lowest BCUT2D eigenvalue weighted by molar-refractivity contribution is -0.130. The highest BCUT2D eigenvalue weighted by Gasteiger charge is 2.23. The third-order valence-corrected chi connectivity index (χ3v) is 7.41. The van der Waals surface area contributed by atoms with Crippen molar-refractivity contribution in [3.8, 4) is 5.75 Å². The fraction of sp³-hybridized carbons (Fsp3) is 0.333. The van der Waals surface area contributed by atoms with E-state index in [1.807, 2.05) is 23.1 Å². The van der Waals surface area contributed by atoms with Gasteiger partial charge in [-0.2, -0.15) is 0 Å². The molecule has 0 saturated carbocycles. The van der Waals surface area contributed by atoms with Crippen LogP contribution >= 0.6 is 11.3 Å². The minimum absolute atomic E-state index is 0.0488. The molecule has 0 aliphatic carbocycles. The van der Waals surface area contributed by atoms with Gasteiger partial charge in [-0.1, -0.05) is 29.5 Å². The smallest absolute Gasteiger partial charge is 0.227 e. The zero-order chi connectivity index (χ0) is 21.3. The largest absolute Gasteiger partial charge is 0.494 e. The standard InChI is InChI=1S/C21H23N3O4S2/c1-28-17-4-3-5-18-20(17)22-21(29-18)24-12-10-23(11-13-24)19(25)14-15-6-8-16(9-7-15)30(2,26)27/h3-9H,10-14H2,1-2H3. The molecule has 1 fully saturated rings. The number of amides is 1. The number of hydrogen-bond donors (Lipinski definition) is 0. The minimum Gasteiger partial charge on any atom is -0.494 e. The van der Waals surface area contributed by atoms with Crippen LogP contribution in [0, 0.1) is 0 Å². The van der Waals surface area contributed by atoms with E-state index in [2.05, 4.69) is 4.90 Å². The molecule has 0 radical (unpaired) electrons. The number of ether oxygens (including phenoxy) is 1. The van der Waals surface area contributed by atoms with Gasteiger partial charge in [0.15, 0.2) is 15.0 Å². The molecule has 0 unspecified atom stereocenters. The van der Waals surface area contributed by atoms with Gasteiger partial charge in [0.2, 0.25) is 5.91 Å². The molecule has 1 amide bonds. The van der Waals surface area contributed by atoms with Gasteiger partial charge >= 0.3 is 0 Å². The van der Waals surface area contributed by atoms with Crippen LogP contribution in [0.5, 0.6) is 5.75 Å². The summed E-state index contributed by atoms with van der Waals surface area (Å²) >= 11 is 1.63. The zero-order valence-corrected chi connectivity index (χ0v) is 18.5. The number of thiazole rings is 1. The summed E-state index contributed by atoms with van der Waals surface area (Å²) in [7, 11) is -1.58. The van der Waals surface area contributed by atoms with Gasteiger partial charge in [0.25, 0.3) is 0 Å². The van der Waals surface area contributed by atoms with Crippen LogP contribution in [0.4, 0.5) is 5.13 Å². The summed E-state index contributed by atoms with van der Waals surface area (Å²) in [5.41, 5.74) is 1.68. The number of sulfone groups is 1. The second-order valence-corrected chi connectivity index (χ2v) is 10.3. The van der Waals surface area contributed by atoms with Crippen LogP contribution in [-0.4, -0.2) is 63.8 Å². The van der Waals surface area contributed by atoms with Crippen molar-refractivity contribution >= 4 is 42.4 Å². The van der Waals surface area contributed by atoms with E-state index in [1.54, 1.807) is 42.7 Å². The molecular formula is C21H23N3O4S2. The van der Waals surface area contributed by atoms with Gasteiger partial charge in [0, 0.05) is 32.4 Å². The van der Waals surface area contributed by atoms with Gasteiger partial charge in [-0.3, -0.25) is 4.79 Å². The molecule has 0 spiro atoms. The average Bonchev–Trinajstić information content (AvgIpc) is 3.18. The number of para-hydroxylation sites is 1. The van der Waals surface area contributed by atoms with Crippen LogP contribution in [0.3, 0.4) is 0 Å². The second kappa shape index (κ2) is 8.23. The van der Waals surface area contributed by atoms with Crippen LogP contribution in [0.25, 0.3) is 10.2 Å². The molecule has 4 rings (SSSR count). The number of piperazine rings is 1. The number of benzene rings is 2. The molecule has 3 aromatic rings. The molecular weight excluding hydrogens is 422 g/mol. The van der Waals surface area contributed by atoms with Gasteiger partial charge < -0.3 is 14.5 Å². The van der Waals surface area contributed by atoms with Crippen LogP contribution < -0.4 is 9.64 Å². The molecule has 0 N–H and O–H groups in total. The average molecular weight is 446 g/mol. The number of nitrogens with zero attached hydrogens (tertiary/aromatic N) is 3. The summed E-state index contributed by atoms with van der Waals surface area (Å²) in [5.74, 6) is 0.818. The molecule has 1 aromatic heterocycles. The highest BCUT2D eigenvalue weighted by Crippen LogP contribution is 2.34. The van der Waals surface area contributed by atoms with Crippen molar-refractivity contribution < 1.29 is 17.9 Å². The van der Waals surface area contributed by atoms with Crippen LogP contribution in [0.15, 0.2) is 47.4 Å². The Morgan fingerprint density at radius 1 is 1.10 bits per heavy atom. The molecule has 2 heterocycles. The summed E-state index contributed by atoms with van der Waals surface area (Å²) in [6.07, 6.45) is 1.44. The van der Waals surface area contributed by atoms with Gasteiger partial charge in [0.05, 0.1) is 23.1 Å². The van der Waals surface area contributed by atoms with Crippen molar-refractivity contribution in [2.45, 2.75) is 11.3 Å². The Morgan fingerprint density at radius 2 is 1.80 bits per heavy atom. The zero-order valence-electron chi connectivity index (χ0n) is 16.9. The highest BCUT2D eigenvalue weighted by molar-refractivity contribution is 7.90. The summed E-state index contributed by atoms with van der Waals surface area (Å²) in [6, 6.07) is 12.4. The normalized spacial score (nSPS) is 14.9. The molecule has 0 bridgehead atoms. The minimum atomic E-state index is -3.23. The van der Waals surface area contributed by atoms with Crippen molar-refractivity contribution in [3.63, 3.8) is 0 Å². The first-order chi connectivity index (χ1) is 14.3. The number of anilines is 1. The van der Waals surface area contributed by atoms with Crippen LogP contribution in [0.1, 0.15) is 5.56 Å². The maximum atomic E-state index is 12.7. The van der Waals surface area contributed by atoms with Crippen molar-refractivity contribution in [1.82, 2.24) is 9.88 Å². The fourth-order valence-corrected chi connectivity index (χ4v) is 5.16. The Morgan fingerprint density at radius 3 is 2.43 bits per heavy atom. The number of methoxy groups -OCH3 is 1. The quantitative estimate of drug-likeness (QED) is 0.601. The number of carbonyl (C=O) groups is 1. The molecule has 0 atom stereocenters. The molecule has 7 nitrogen and oxygen atoms in total. The third kappa shape index (κ3) is 4.27. The van der Waals surface area contributed by atoms with Gasteiger partial charge in [-0.15, -0.1) is 0 Å². The number of aromatic nitrogens is 1. The van der Waals surface area contributed by atoms with Crippen molar-refractivity contribution in [1.29, 1.82) is 0 Å². The van der Waals surface area contributed by atoms with Crippen LogP contribution in [-0.2, 0) is 21.1 Å². The molecule has 158 valence electrons. The molecule has 9 heteroatoms. The Hall–Kier alpha value is -2.65. The van der Waals surface area contributed by atoms with Crippen molar-refractivity contribution in [3.05, 3.63) is 48.0 Å². The summed E-state index contributed by atoms with van der Waals surface area (Å²) in [4.78, 5) is 21.7. The third-order valence-electron chi connectivity index (χ3n) is 5.20. The Labute approximate surface area is 179 Å². The number of carbonyl (C=O) groups excluding carboxylic acids is 1. The van der Waals surface area contributed by atoms with Crippen molar-refractivity contribution in [2.24, 2.45) is 0 Å². The summed E-state index contributed by atoms with van der Waals surface area (Å²) < 4.78 is 29.6. The lowest BCUT2D eigenvalue weighted by Crippen LogP contribution is -2.49. The lowest BCUT2D eigenvalue weighted by atomic mass is 10.1. The van der Waals surface area contributed by atoms with Gasteiger partial charge in [-0.05, 0) is 29.8 Å². The van der Waals surface area contributed by atoms with Gasteiger partial charge in [-0.25, -0.2) is 13.4 Å². The summed E-state index contributed by atoms with van der Waals surface area (Å²) in [5, 5.41) is 0.943. The number of rotatable bonds is 5. The first-order valence-corrected chi connectivity index (χ1v) is 12.3. The molecule has 30 heavy (non-hydrogen) atoms. The van der Waals surface area contributed by atoms with E-state index in [0.717, 1.165) is 39.8 Å². The Balaban J connectivity index is 1.38. The first kappa shape index (κ1) is 20.6. The topological polar surface area (TPSA) is 79.8 Å². The first-order valence-electron chi connectivity index (χ1n) is 9.60. The Kier molecular flexibility index (Phi) is 5.66. The van der Waals surface area contributed by atoms with Gasteiger partial charge in [0.1, 0.15) is 11.3 Å². The maximum absolute atomic E-state index is 12.7. The molecule has 1 aliphatic rings. The highest BCUT2D eigenvalue weighted by atomic mass is 32.2. The van der Waals surface area contributed by atoms with E-state index in [9.17, 15) is 13.2 Å². The number of fused-ring (bicyclic) bond motifs is 1.